The third kappa shape index (κ3) is 51.3. The van der Waals surface area contributed by atoms with Gasteiger partial charge in [-0.25, -0.2) is 0 Å². The van der Waals surface area contributed by atoms with Crippen LogP contribution in [0.4, 0.5) is 0 Å². The molecule has 4 aliphatic carbocycles. The zero-order valence-electron chi connectivity index (χ0n) is 75.9. The van der Waals surface area contributed by atoms with E-state index in [4.69, 9.17) is 114 Å². The van der Waals surface area contributed by atoms with Crippen LogP contribution in [0.25, 0.3) is 0 Å². The summed E-state index contributed by atoms with van der Waals surface area (Å²) in [5.41, 5.74) is 4.34. The van der Waals surface area contributed by atoms with Gasteiger partial charge in [0.05, 0.1) is 230 Å². The van der Waals surface area contributed by atoms with Crippen LogP contribution in [0.15, 0.2) is 97.1 Å². The Balaban J connectivity index is 0.00000225. The van der Waals surface area contributed by atoms with Crippen molar-refractivity contribution in [2.75, 3.05) is 266 Å². The average Bonchev–Trinajstić information content (AvgIpc) is 0.977. The van der Waals surface area contributed by atoms with Gasteiger partial charge in [0.2, 0.25) is 0 Å². The van der Waals surface area contributed by atoms with Gasteiger partial charge >= 0.3 is 11.9 Å². The minimum Gasteiger partial charge on any atom is -0.490 e. The SMILES string of the molecule is C1CCCC1.C1CCCC1.COCCOCCOCCOc1cc(C#Cc2cc(OCCOCCOCCOC(=O)C3CCCC3)c(C#Cc3cc(OCCOCCOCCOC)c(C#Cc4ccccc4)cc3OCCOCCOCCOC)cc2OCCOCCOCCOC(=O)C2CCCC2)c(OCCOCCOCCOC)cc1C#Cc1ccccc1.[Fe].[Fe]. The minimum atomic E-state index is -0.170. The molecule has 0 atom stereocenters. The molecular weight excluding hydrogens is 1730 g/mol. The van der Waals surface area contributed by atoms with E-state index in [2.05, 4.69) is 47.4 Å². The molecule has 0 N–H and O–H groups in total. The molecule has 0 aromatic heterocycles. The Kier molecular flexibility index (Phi) is 66.0. The van der Waals surface area contributed by atoms with E-state index in [1.807, 2.05) is 60.7 Å². The van der Waals surface area contributed by atoms with Gasteiger partial charge in [0.15, 0.2) is 0 Å². The number of ether oxygens (including phenoxy) is 24. The van der Waals surface area contributed by atoms with E-state index in [9.17, 15) is 9.59 Å². The number of carbonyl (C=O) groups is 2. The number of hydrogen-bond acceptors (Lipinski definition) is 26. The van der Waals surface area contributed by atoms with Gasteiger partial charge in [-0.1, -0.05) is 174 Å². The summed E-state index contributed by atoms with van der Waals surface area (Å²) < 4.78 is 141. The van der Waals surface area contributed by atoms with Crippen LogP contribution in [0.1, 0.15) is 160 Å². The second-order valence-electron chi connectivity index (χ2n) is 29.5. The fraction of sp³-hybridized carbons (Fsp3) is 0.600. The van der Waals surface area contributed by atoms with Gasteiger partial charge in [0.25, 0.3) is 0 Å². The summed E-state index contributed by atoms with van der Waals surface area (Å²) in [6, 6.07) is 30.0. The van der Waals surface area contributed by atoms with Crippen molar-refractivity contribution in [3.8, 4) is 81.9 Å². The van der Waals surface area contributed by atoms with E-state index in [0.717, 1.165) is 62.5 Å². The predicted octanol–water partition coefficient (Wildman–Crippen LogP) is 13.7. The van der Waals surface area contributed by atoms with Gasteiger partial charge in [0.1, 0.15) is 87.4 Å². The fourth-order valence-corrected chi connectivity index (χ4v) is 13.1. The second-order valence-corrected chi connectivity index (χ2v) is 29.5. The van der Waals surface area contributed by atoms with Gasteiger partial charge in [-0.05, 0) is 49.9 Å². The molecule has 0 heterocycles. The number of esters is 2. The van der Waals surface area contributed by atoms with Crippen LogP contribution in [-0.2, 0) is 129 Å². The van der Waals surface area contributed by atoms with E-state index in [0.29, 0.717) is 174 Å². The van der Waals surface area contributed by atoms with Gasteiger partial charge in [-0.2, -0.15) is 0 Å². The Morgan fingerprint density at radius 1 is 0.227 bits per heavy atom. The van der Waals surface area contributed by atoms with Crippen molar-refractivity contribution in [2.24, 2.45) is 11.8 Å². The smallest absolute Gasteiger partial charge is 0.309 e. The molecule has 4 fully saturated rings. The third-order valence-corrected chi connectivity index (χ3v) is 19.8. The zero-order valence-corrected chi connectivity index (χ0v) is 78.1. The molecule has 5 aromatic rings. The molecule has 28 heteroatoms. The number of carbonyl (C=O) groups excluding carboxylic acids is 2. The molecule has 9 rings (SSSR count). The molecule has 710 valence electrons. The first-order valence-electron chi connectivity index (χ1n) is 45.1. The topological polar surface area (TPSA) is 256 Å². The van der Waals surface area contributed by atoms with Crippen molar-refractivity contribution in [3.63, 3.8) is 0 Å². The average molecular weight is 1870 g/mol. The minimum absolute atomic E-state index is 0. The summed E-state index contributed by atoms with van der Waals surface area (Å²) in [4.78, 5) is 25.1. The van der Waals surface area contributed by atoms with E-state index < -0.39 is 0 Å². The molecule has 5 aromatic carbocycles. The van der Waals surface area contributed by atoms with Gasteiger partial charge < -0.3 is 114 Å². The molecule has 0 unspecified atom stereocenters. The summed E-state index contributed by atoms with van der Waals surface area (Å²) in [6.07, 6.45) is 22.6. The number of hydrogen-bond donors (Lipinski definition) is 0. The number of rotatable bonds is 62. The number of methoxy groups -OCH3 is 4. The van der Waals surface area contributed by atoms with Crippen LogP contribution in [0, 0.1) is 59.2 Å². The fourth-order valence-electron chi connectivity index (χ4n) is 13.1. The van der Waals surface area contributed by atoms with E-state index >= 15 is 0 Å². The van der Waals surface area contributed by atoms with Crippen molar-refractivity contribution in [1.82, 2.24) is 0 Å². The molecule has 4 saturated carbocycles. The van der Waals surface area contributed by atoms with Crippen LogP contribution >= 0.6 is 0 Å². The van der Waals surface area contributed by atoms with Crippen molar-refractivity contribution in [1.29, 1.82) is 0 Å². The van der Waals surface area contributed by atoms with Gasteiger partial charge in [-0.3, -0.25) is 9.59 Å². The van der Waals surface area contributed by atoms with Crippen molar-refractivity contribution >= 4 is 11.9 Å². The van der Waals surface area contributed by atoms with Crippen LogP contribution in [0.2, 0.25) is 0 Å². The molecular formula is C100H138Fe2O26. The first kappa shape index (κ1) is 111. The summed E-state index contributed by atoms with van der Waals surface area (Å²) in [5, 5.41) is 0. The first-order chi connectivity index (χ1) is 62.3. The standard InChI is InChI=1S/C90H118O26.2C5H10.2Fe/c1-93-31-35-97-39-43-101-51-59-109-83-69-79(85(111-61-53-103-45-41-99-37-33-95-3)67-77(83)25-23-73-15-7-5-8-16-73)27-29-81-71-88(114-64-56-106-48-50-108-58-66-116-90(92)76-21-13-14-22-76)82(72-87(81)113-63-55-105-47-49-107-57-65-115-89(91)75-19-11-12-20-75)30-28-80-70-84(110-60-52-102-44-40-98-36-32-94-2)78(26-24-74-17-9-6-10-18-74)68-86(80)112-62-54-104-46-42-100-38-34-96-4;2*1-2-4-5-3-1;;/h5-10,15-18,67-72,75-76H,11-14,19-22,31-66H2,1-4H3;2*1-5H2;;. The molecule has 4 aliphatic rings. The summed E-state index contributed by atoms with van der Waals surface area (Å²) in [6.45, 7) is 10.3. The van der Waals surface area contributed by atoms with Crippen LogP contribution < -0.4 is 28.4 Å². The molecule has 0 aliphatic heterocycles. The molecule has 0 radical (unpaired) electrons. The maximum absolute atomic E-state index is 12.5. The largest absolute Gasteiger partial charge is 0.490 e. The maximum atomic E-state index is 12.5. The van der Waals surface area contributed by atoms with Crippen LogP contribution in [-0.4, -0.2) is 278 Å². The third-order valence-electron chi connectivity index (χ3n) is 19.8. The molecule has 0 bridgehead atoms. The molecule has 128 heavy (non-hydrogen) atoms. The number of benzene rings is 5. The Morgan fingerprint density at radius 3 is 0.594 bits per heavy atom. The van der Waals surface area contributed by atoms with E-state index in [-0.39, 0.29) is 190 Å². The van der Waals surface area contributed by atoms with Gasteiger partial charge in [0, 0.05) is 110 Å². The monoisotopic (exact) mass is 1870 g/mol. The van der Waals surface area contributed by atoms with Crippen molar-refractivity contribution in [3.05, 3.63) is 142 Å². The Morgan fingerprint density at radius 2 is 0.398 bits per heavy atom. The quantitative estimate of drug-likeness (QED) is 0.0152. The zero-order chi connectivity index (χ0) is 88.5. The van der Waals surface area contributed by atoms with E-state index in [1.165, 1.54) is 64.2 Å². The van der Waals surface area contributed by atoms with E-state index in [1.54, 1.807) is 64.8 Å². The van der Waals surface area contributed by atoms with Crippen molar-refractivity contribution in [2.45, 2.75) is 116 Å². The molecule has 0 saturated heterocycles. The maximum Gasteiger partial charge on any atom is 0.309 e. The first-order valence-corrected chi connectivity index (χ1v) is 45.1. The second kappa shape index (κ2) is 76.1. The summed E-state index contributed by atoms with van der Waals surface area (Å²) in [7, 11) is 6.49. The predicted molar refractivity (Wildman–Crippen MR) is 478 cm³/mol. The Bertz CT molecular complexity index is 3670. The van der Waals surface area contributed by atoms with Crippen LogP contribution in [0.5, 0.6) is 34.5 Å². The molecule has 0 amide bonds. The Labute approximate surface area is 781 Å². The summed E-state index contributed by atoms with van der Waals surface area (Å²) >= 11 is 0. The molecule has 26 nitrogen and oxygen atoms in total. The Hall–Kier alpha value is -7.52. The van der Waals surface area contributed by atoms with Gasteiger partial charge in [-0.15, -0.1) is 0 Å². The van der Waals surface area contributed by atoms with Crippen LogP contribution in [0.3, 0.4) is 0 Å². The molecule has 0 spiro atoms. The summed E-state index contributed by atoms with van der Waals surface area (Å²) in [5.74, 6) is 28.7. The normalized spacial score (nSPS) is 13.2. The van der Waals surface area contributed by atoms with Crippen molar-refractivity contribution < 1.29 is 157 Å².